The lowest BCUT2D eigenvalue weighted by atomic mass is 10.2. The zero-order valence-electron chi connectivity index (χ0n) is 9.26. The quantitative estimate of drug-likeness (QED) is 0.872. The average Bonchev–Trinajstić information content (AvgIpc) is 2.84. The molecule has 0 spiro atoms. The van der Waals surface area contributed by atoms with Crippen molar-refractivity contribution in [1.82, 2.24) is 9.88 Å². The highest BCUT2D eigenvalue weighted by Crippen LogP contribution is 2.18. The predicted molar refractivity (Wildman–Crippen MR) is 72.1 cm³/mol. The minimum Gasteiger partial charge on any atom is -0.336 e. The van der Waals surface area contributed by atoms with Crippen LogP contribution in [0.25, 0.3) is 0 Å². The first kappa shape index (κ1) is 12.3. The van der Waals surface area contributed by atoms with E-state index < -0.39 is 0 Å². The zero-order valence-corrected chi connectivity index (χ0v) is 11.7. The topological polar surface area (TPSA) is 33.2 Å². The zero-order chi connectivity index (χ0) is 12.3. The summed E-state index contributed by atoms with van der Waals surface area (Å²) in [6.45, 7) is 0.567. The summed E-state index contributed by atoms with van der Waals surface area (Å²) in [5, 5.41) is 1.76. The van der Waals surface area contributed by atoms with Gasteiger partial charge in [-0.2, -0.15) is 0 Å². The molecule has 5 heteroatoms. The van der Waals surface area contributed by atoms with Gasteiger partial charge in [-0.15, -0.1) is 11.3 Å². The number of rotatable bonds is 3. The van der Waals surface area contributed by atoms with Gasteiger partial charge in [0.2, 0.25) is 0 Å². The Morgan fingerprint density at radius 1 is 1.47 bits per heavy atom. The Morgan fingerprint density at radius 2 is 2.24 bits per heavy atom. The van der Waals surface area contributed by atoms with Crippen LogP contribution in [0.2, 0.25) is 0 Å². The fourth-order valence-corrected chi connectivity index (χ4v) is 2.40. The Morgan fingerprint density at radius 3 is 2.88 bits per heavy atom. The van der Waals surface area contributed by atoms with Crippen LogP contribution in [0.15, 0.2) is 39.6 Å². The van der Waals surface area contributed by atoms with E-state index >= 15 is 0 Å². The number of aromatic nitrogens is 1. The first-order chi connectivity index (χ1) is 8.18. The number of amides is 1. The molecule has 88 valence electrons. The van der Waals surface area contributed by atoms with Crippen molar-refractivity contribution >= 4 is 33.2 Å². The van der Waals surface area contributed by atoms with Gasteiger partial charge in [0.15, 0.2) is 0 Å². The van der Waals surface area contributed by atoms with E-state index in [0.717, 1.165) is 10.0 Å². The molecule has 1 aromatic heterocycles. The second-order valence-corrected chi connectivity index (χ2v) is 5.20. The molecule has 2 rings (SSSR count). The van der Waals surface area contributed by atoms with Crippen LogP contribution in [0.1, 0.15) is 16.1 Å². The molecule has 0 atom stereocenters. The molecule has 0 aliphatic heterocycles. The highest BCUT2D eigenvalue weighted by atomic mass is 79.9. The third-order valence-electron chi connectivity index (χ3n) is 2.36. The van der Waals surface area contributed by atoms with Crippen LogP contribution in [-0.4, -0.2) is 22.8 Å². The Hall–Kier alpha value is -1.20. The first-order valence-electron chi connectivity index (χ1n) is 5.05. The number of benzene rings is 1. The highest BCUT2D eigenvalue weighted by molar-refractivity contribution is 9.10. The van der Waals surface area contributed by atoms with Gasteiger partial charge in [0.05, 0.1) is 5.51 Å². The summed E-state index contributed by atoms with van der Waals surface area (Å²) >= 11 is 4.90. The second-order valence-electron chi connectivity index (χ2n) is 3.63. The van der Waals surface area contributed by atoms with E-state index in [2.05, 4.69) is 20.9 Å². The van der Waals surface area contributed by atoms with Crippen molar-refractivity contribution in [1.29, 1.82) is 0 Å². The molecule has 17 heavy (non-hydrogen) atoms. The van der Waals surface area contributed by atoms with Crippen LogP contribution in [-0.2, 0) is 6.54 Å². The number of carbonyl (C=O) groups excluding carboxylic acids is 1. The third kappa shape index (κ3) is 2.92. The van der Waals surface area contributed by atoms with Crippen LogP contribution < -0.4 is 0 Å². The van der Waals surface area contributed by atoms with Gasteiger partial charge in [0.1, 0.15) is 5.69 Å². The van der Waals surface area contributed by atoms with E-state index in [1.165, 1.54) is 11.3 Å². The van der Waals surface area contributed by atoms with Gasteiger partial charge < -0.3 is 4.90 Å². The molecule has 3 nitrogen and oxygen atoms in total. The van der Waals surface area contributed by atoms with Gasteiger partial charge in [0, 0.05) is 23.4 Å². The lowest BCUT2D eigenvalue weighted by Crippen LogP contribution is -2.26. The van der Waals surface area contributed by atoms with Crippen molar-refractivity contribution in [3.05, 3.63) is 50.9 Å². The molecule has 1 heterocycles. The van der Waals surface area contributed by atoms with Crippen LogP contribution in [0.4, 0.5) is 0 Å². The molecule has 0 saturated heterocycles. The normalized spacial score (nSPS) is 10.2. The number of halogens is 1. The molecule has 0 unspecified atom stereocenters. The fraction of sp³-hybridized carbons (Fsp3) is 0.167. The van der Waals surface area contributed by atoms with Crippen LogP contribution in [0.5, 0.6) is 0 Å². The molecule has 0 aliphatic carbocycles. The fourth-order valence-electron chi connectivity index (χ4n) is 1.47. The van der Waals surface area contributed by atoms with Gasteiger partial charge >= 0.3 is 0 Å². The molecular weight excluding hydrogens is 300 g/mol. The number of thiazole rings is 1. The molecule has 0 saturated carbocycles. The molecular formula is C12H11BrN2OS. The summed E-state index contributed by atoms with van der Waals surface area (Å²) in [5.41, 5.74) is 3.25. The van der Waals surface area contributed by atoms with Crippen molar-refractivity contribution < 1.29 is 4.79 Å². The number of hydrogen-bond donors (Lipinski definition) is 0. The number of hydrogen-bond acceptors (Lipinski definition) is 3. The summed E-state index contributed by atoms with van der Waals surface area (Å²) in [6.07, 6.45) is 0. The second kappa shape index (κ2) is 5.42. The molecule has 1 aromatic carbocycles. The van der Waals surface area contributed by atoms with Crippen molar-refractivity contribution in [2.45, 2.75) is 6.54 Å². The van der Waals surface area contributed by atoms with E-state index in [1.54, 1.807) is 22.8 Å². The summed E-state index contributed by atoms with van der Waals surface area (Å²) in [4.78, 5) is 17.7. The van der Waals surface area contributed by atoms with Gasteiger partial charge in [-0.3, -0.25) is 4.79 Å². The van der Waals surface area contributed by atoms with Crippen molar-refractivity contribution in [2.75, 3.05) is 7.05 Å². The van der Waals surface area contributed by atoms with Crippen LogP contribution >= 0.6 is 27.3 Å². The van der Waals surface area contributed by atoms with E-state index in [0.29, 0.717) is 12.2 Å². The van der Waals surface area contributed by atoms with Crippen molar-refractivity contribution in [3.63, 3.8) is 0 Å². The standard InChI is InChI=1S/C12H11BrN2OS/c1-15(12(16)11-7-17-8-14-11)6-9-4-2-3-5-10(9)13/h2-5,7-8H,6H2,1H3. The Balaban J connectivity index is 2.10. The first-order valence-corrected chi connectivity index (χ1v) is 6.79. The largest absolute Gasteiger partial charge is 0.336 e. The lowest BCUT2D eigenvalue weighted by Gasteiger charge is -2.16. The maximum atomic E-state index is 12.0. The molecule has 0 radical (unpaired) electrons. The maximum absolute atomic E-state index is 12.0. The van der Waals surface area contributed by atoms with Gasteiger partial charge in [-0.25, -0.2) is 4.98 Å². The Bertz CT molecular complexity index is 513. The average molecular weight is 311 g/mol. The monoisotopic (exact) mass is 310 g/mol. The predicted octanol–water partition coefficient (Wildman–Crippen LogP) is 3.18. The maximum Gasteiger partial charge on any atom is 0.273 e. The van der Waals surface area contributed by atoms with Crippen molar-refractivity contribution in [2.24, 2.45) is 0 Å². The highest BCUT2D eigenvalue weighted by Gasteiger charge is 2.14. The third-order valence-corrected chi connectivity index (χ3v) is 3.72. The van der Waals surface area contributed by atoms with E-state index in [9.17, 15) is 4.79 Å². The SMILES string of the molecule is CN(Cc1ccccc1Br)C(=O)c1cscn1. The minimum absolute atomic E-state index is 0.0537. The lowest BCUT2D eigenvalue weighted by molar-refractivity contribution is 0.0780. The minimum atomic E-state index is -0.0537. The molecule has 0 fully saturated rings. The van der Waals surface area contributed by atoms with Gasteiger partial charge in [-0.05, 0) is 11.6 Å². The molecule has 2 aromatic rings. The van der Waals surface area contributed by atoms with E-state index in [-0.39, 0.29) is 5.91 Å². The number of nitrogens with zero attached hydrogens (tertiary/aromatic N) is 2. The summed E-state index contributed by atoms with van der Waals surface area (Å²) < 4.78 is 1.01. The summed E-state index contributed by atoms with van der Waals surface area (Å²) in [5.74, 6) is -0.0537. The van der Waals surface area contributed by atoms with Gasteiger partial charge in [0.25, 0.3) is 5.91 Å². The molecule has 0 aliphatic rings. The Kier molecular flexibility index (Phi) is 3.91. The Labute approximate surface area is 112 Å². The van der Waals surface area contributed by atoms with Crippen LogP contribution in [0.3, 0.4) is 0 Å². The summed E-state index contributed by atoms with van der Waals surface area (Å²) in [7, 11) is 1.78. The summed E-state index contributed by atoms with van der Waals surface area (Å²) in [6, 6.07) is 7.88. The van der Waals surface area contributed by atoms with E-state index in [1.807, 2.05) is 24.3 Å². The van der Waals surface area contributed by atoms with Gasteiger partial charge in [-0.1, -0.05) is 34.1 Å². The van der Waals surface area contributed by atoms with Crippen LogP contribution in [0, 0.1) is 0 Å². The van der Waals surface area contributed by atoms with Crippen molar-refractivity contribution in [3.8, 4) is 0 Å². The molecule has 0 bridgehead atoms. The smallest absolute Gasteiger partial charge is 0.273 e. The molecule has 1 amide bonds. The number of carbonyl (C=O) groups is 1. The molecule has 0 N–H and O–H groups in total. The van der Waals surface area contributed by atoms with E-state index in [4.69, 9.17) is 0 Å².